The minimum absolute atomic E-state index is 0.00826. The van der Waals surface area contributed by atoms with Crippen molar-refractivity contribution in [2.24, 2.45) is 23.5 Å². The average Bonchev–Trinajstić information content (AvgIpc) is 2.79. The molecule has 10 heteroatoms. The highest BCUT2D eigenvalue weighted by atomic mass is 16.3. The van der Waals surface area contributed by atoms with E-state index in [4.69, 9.17) is 5.73 Å². The Morgan fingerprint density at radius 2 is 1.92 bits per heavy atom. The van der Waals surface area contributed by atoms with Gasteiger partial charge in [-0.15, -0.1) is 0 Å². The first-order valence-corrected chi connectivity index (χ1v) is 11.9. The number of ketones is 1. The zero-order valence-corrected chi connectivity index (χ0v) is 20.3. The van der Waals surface area contributed by atoms with E-state index in [2.05, 4.69) is 10.3 Å². The number of Topliss-reactive ketones (excluding diaryl/α,β-unsaturated/α-hetero) is 1. The SMILES string of the molecule is CC(=O)Nc1cc(-c2ccccn2)c2c(c1O)C(O)=C1C(=O)C3C(CC(O)=C(C(N)=O)C3(C)O)CC1C2. The van der Waals surface area contributed by atoms with E-state index in [9.17, 15) is 34.8 Å². The van der Waals surface area contributed by atoms with Crippen LogP contribution in [0.3, 0.4) is 0 Å². The first-order chi connectivity index (χ1) is 17.4. The zero-order valence-electron chi connectivity index (χ0n) is 20.3. The van der Waals surface area contributed by atoms with Gasteiger partial charge in [0, 0.05) is 30.7 Å². The topological polar surface area (TPSA) is 183 Å². The van der Waals surface area contributed by atoms with Gasteiger partial charge in [0.15, 0.2) is 5.78 Å². The van der Waals surface area contributed by atoms with Crippen molar-refractivity contribution in [2.45, 2.75) is 38.7 Å². The summed E-state index contributed by atoms with van der Waals surface area (Å²) >= 11 is 0. The molecule has 37 heavy (non-hydrogen) atoms. The molecule has 1 heterocycles. The van der Waals surface area contributed by atoms with Crippen LogP contribution in [-0.4, -0.2) is 48.6 Å². The summed E-state index contributed by atoms with van der Waals surface area (Å²) in [5, 5.41) is 46.9. The number of primary amides is 1. The van der Waals surface area contributed by atoms with E-state index >= 15 is 0 Å². The van der Waals surface area contributed by atoms with Crippen LogP contribution in [0.25, 0.3) is 17.0 Å². The number of aliphatic hydroxyl groups excluding tert-OH is 2. The number of aromatic hydroxyl groups is 1. The van der Waals surface area contributed by atoms with Gasteiger partial charge in [-0.25, -0.2) is 0 Å². The number of nitrogens with one attached hydrogen (secondary N) is 1. The number of phenolic OH excluding ortho intramolecular Hbond substituents is 1. The molecular weight excluding hydrogens is 478 g/mol. The first kappa shape index (κ1) is 24.5. The number of aliphatic hydroxyl groups is 3. The molecule has 0 aliphatic heterocycles. The van der Waals surface area contributed by atoms with Gasteiger partial charge < -0.3 is 31.5 Å². The van der Waals surface area contributed by atoms with Crippen LogP contribution >= 0.6 is 0 Å². The monoisotopic (exact) mass is 505 g/mol. The molecule has 0 spiro atoms. The van der Waals surface area contributed by atoms with Crippen LogP contribution in [-0.2, 0) is 20.8 Å². The van der Waals surface area contributed by atoms with Gasteiger partial charge in [0.25, 0.3) is 5.91 Å². The quantitative estimate of drug-likeness (QED) is 0.344. The second-order valence-corrected chi connectivity index (χ2v) is 10.1. The number of anilines is 1. The van der Waals surface area contributed by atoms with Gasteiger partial charge in [0.1, 0.15) is 22.9 Å². The number of pyridine rings is 1. The van der Waals surface area contributed by atoms with E-state index in [0.29, 0.717) is 23.2 Å². The van der Waals surface area contributed by atoms with Crippen molar-refractivity contribution < 1.29 is 34.8 Å². The minimum atomic E-state index is -2.05. The third-order valence-electron chi connectivity index (χ3n) is 7.72. The van der Waals surface area contributed by atoms with Crippen LogP contribution in [0, 0.1) is 17.8 Å². The highest BCUT2D eigenvalue weighted by Crippen LogP contribution is 2.55. The van der Waals surface area contributed by atoms with Crippen molar-refractivity contribution in [1.29, 1.82) is 0 Å². The Hall–Kier alpha value is -4.18. The standard InChI is InChI=1S/C27H27N3O7/c1-11(31)30-17-10-14(16-5-3-4-6-29-16)15-8-12-7-13-9-18(32)22(26(28)36)27(2,37)21(13)25(35)19(12)24(34)20(15)23(17)33/h3-6,10,12-13,21,32-34,37H,7-9H2,1-2H3,(H2,28,36)(H,30,31). The Morgan fingerprint density at radius 1 is 1.19 bits per heavy atom. The number of carbonyl (C=O) groups excluding carboxylic acids is 3. The molecule has 0 saturated heterocycles. The third kappa shape index (κ3) is 3.67. The van der Waals surface area contributed by atoms with Crippen molar-refractivity contribution in [1.82, 2.24) is 4.98 Å². The second-order valence-electron chi connectivity index (χ2n) is 10.1. The van der Waals surface area contributed by atoms with Crippen molar-refractivity contribution in [3.05, 3.63) is 58.5 Å². The lowest BCUT2D eigenvalue weighted by Crippen LogP contribution is -2.55. The Balaban J connectivity index is 1.72. The molecule has 0 radical (unpaired) electrons. The van der Waals surface area contributed by atoms with Gasteiger partial charge in [-0.1, -0.05) is 6.07 Å². The molecule has 192 valence electrons. The summed E-state index contributed by atoms with van der Waals surface area (Å²) in [7, 11) is 0. The van der Waals surface area contributed by atoms with E-state index in [1.807, 2.05) is 0 Å². The number of carbonyl (C=O) groups is 3. The highest BCUT2D eigenvalue weighted by molar-refractivity contribution is 6.09. The number of aromatic nitrogens is 1. The van der Waals surface area contributed by atoms with Crippen LogP contribution in [0.2, 0.25) is 0 Å². The minimum Gasteiger partial charge on any atom is -0.512 e. The maximum atomic E-state index is 13.8. The lowest BCUT2D eigenvalue weighted by atomic mass is 9.57. The molecule has 1 saturated carbocycles. The first-order valence-electron chi connectivity index (χ1n) is 11.9. The zero-order chi connectivity index (χ0) is 26.8. The molecule has 1 aromatic carbocycles. The second kappa shape index (κ2) is 8.45. The van der Waals surface area contributed by atoms with E-state index in [1.165, 1.54) is 13.8 Å². The molecule has 4 atom stereocenters. The third-order valence-corrected chi connectivity index (χ3v) is 7.72. The maximum absolute atomic E-state index is 13.8. The fourth-order valence-corrected chi connectivity index (χ4v) is 6.40. The smallest absolute Gasteiger partial charge is 0.250 e. The normalized spacial score (nSPS) is 26.8. The fourth-order valence-electron chi connectivity index (χ4n) is 6.40. The maximum Gasteiger partial charge on any atom is 0.250 e. The molecule has 1 aromatic heterocycles. The molecule has 2 aromatic rings. The number of amides is 2. The Kier molecular flexibility index (Phi) is 5.60. The molecular formula is C27H27N3O7. The molecule has 3 aliphatic carbocycles. The van der Waals surface area contributed by atoms with E-state index in [0.717, 1.165) is 0 Å². The van der Waals surface area contributed by atoms with E-state index < -0.39 is 58.0 Å². The molecule has 4 unspecified atom stereocenters. The van der Waals surface area contributed by atoms with Crippen LogP contribution in [0.5, 0.6) is 5.75 Å². The van der Waals surface area contributed by atoms with E-state index in [1.54, 1.807) is 30.5 Å². The van der Waals surface area contributed by atoms with Crippen molar-refractivity contribution in [3.63, 3.8) is 0 Å². The number of hydrogen-bond acceptors (Lipinski definition) is 8. The van der Waals surface area contributed by atoms with Gasteiger partial charge in [0.05, 0.1) is 28.4 Å². The van der Waals surface area contributed by atoms with Crippen LogP contribution < -0.4 is 11.1 Å². The molecule has 0 bridgehead atoms. The number of nitrogens with two attached hydrogens (primary N) is 1. The number of phenols is 1. The Morgan fingerprint density at radius 3 is 2.54 bits per heavy atom. The number of rotatable bonds is 3. The summed E-state index contributed by atoms with van der Waals surface area (Å²) in [4.78, 5) is 42.1. The van der Waals surface area contributed by atoms with Gasteiger partial charge in [-0.05, 0) is 55.4 Å². The summed E-state index contributed by atoms with van der Waals surface area (Å²) in [6.45, 7) is 2.54. The molecule has 2 amide bonds. The number of allylic oxidation sites excluding steroid dienone is 2. The summed E-state index contributed by atoms with van der Waals surface area (Å²) in [6, 6.07) is 6.88. The highest BCUT2D eigenvalue weighted by Gasteiger charge is 2.57. The summed E-state index contributed by atoms with van der Waals surface area (Å²) < 4.78 is 0. The molecule has 7 N–H and O–H groups in total. The summed E-state index contributed by atoms with van der Waals surface area (Å²) in [5.74, 6) is -5.34. The van der Waals surface area contributed by atoms with Gasteiger partial charge >= 0.3 is 0 Å². The molecule has 10 nitrogen and oxygen atoms in total. The average molecular weight is 506 g/mol. The Labute approximate surface area is 212 Å². The lowest BCUT2D eigenvalue weighted by Gasteiger charge is -2.48. The van der Waals surface area contributed by atoms with Crippen LogP contribution in [0.15, 0.2) is 47.4 Å². The predicted molar refractivity (Wildman–Crippen MR) is 133 cm³/mol. The van der Waals surface area contributed by atoms with Crippen molar-refractivity contribution >= 4 is 29.0 Å². The van der Waals surface area contributed by atoms with Gasteiger partial charge in [-0.2, -0.15) is 0 Å². The largest absolute Gasteiger partial charge is 0.512 e. The summed E-state index contributed by atoms with van der Waals surface area (Å²) in [5.41, 5.74) is 4.72. The molecule has 1 fully saturated rings. The van der Waals surface area contributed by atoms with Crippen molar-refractivity contribution in [3.8, 4) is 17.0 Å². The van der Waals surface area contributed by atoms with Crippen molar-refractivity contribution in [2.75, 3.05) is 5.32 Å². The number of hydrogen-bond donors (Lipinski definition) is 6. The lowest BCUT2D eigenvalue weighted by molar-refractivity contribution is -0.136. The number of nitrogens with zero attached hydrogens (tertiary/aromatic N) is 1. The predicted octanol–water partition coefficient (Wildman–Crippen LogP) is 2.51. The number of benzene rings is 1. The fraction of sp³-hybridized carbons (Fsp3) is 0.333. The molecule has 3 aliphatic rings. The van der Waals surface area contributed by atoms with Crippen LogP contribution in [0.4, 0.5) is 5.69 Å². The van der Waals surface area contributed by atoms with Gasteiger partial charge in [-0.3, -0.25) is 19.4 Å². The van der Waals surface area contributed by atoms with Gasteiger partial charge in [0.2, 0.25) is 5.91 Å². The molecule has 5 rings (SSSR count). The summed E-state index contributed by atoms with van der Waals surface area (Å²) in [6.07, 6.45) is 2.18. The Bertz CT molecular complexity index is 1430. The van der Waals surface area contributed by atoms with E-state index in [-0.39, 0.29) is 35.4 Å². The number of fused-ring (bicyclic) bond motifs is 3. The van der Waals surface area contributed by atoms with Crippen LogP contribution in [0.1, 0.15) is 37.8 Å².